The lowest BCUT2D eigenvalue weighted by molar-refractivity contribution is -0.297. The summed E-state index contributed by atoms with van der Waals surface area (Å²) in [4.78, 5) is 32.4. The maximum Gasteiger partial charge on any atom is 0.406 e. The smallest absolute Gasteiger partial charge is 0.388 e. The molecule has 1 atom stereocenters. The van der Waals surface area contributed by atoms with Gasteiger partial charge in [0.05, 0.1) is 10.5 Å². The summed E-state index contributed by atoms with van der Waals surface area (Å²) in [6.07, 6.45) is -7.78. The van der Waals surface area contributed by atoms with Crippen molar-refractivity contribution in [3.63, 3.8) is 0 Å². The molecule has 2 aromatic rings. The Hall–Kier alpha value is -2.67. The van der Waals surface area contributed by atoms with Gasteiger partial charge in [0.15, 0.2) is 10.4 Å². The molecule has 13 heteroatoms. The Morgan fingerprint density at radius 2 is 1.79 bits per heavy atom. The second kappa shape index (κ2) is 10.1. The molecule has 39 heavy (non-hydrogen) atoms. The first-order valence-electron chi connectivity index (χ1n) is 12.6. The van der Waals surface area contributed by atoms with Crippen LogP contribution in [0.25, 0.3) is 10.4 Å². The van der Waals surface area contributed by atoms with Crippen molar-refractivity contribution in [1.82, 2.24) is 15.2 Å². The molecule has 1 aromatic carbocycles. The Morgan fingerprint density at radius 1 is 1.15 bits per heavy atom. The third-order valence-corrected chi connectivity index (χ3v) is 8.97. The molecule has 2 heterocycles. The molecule has 1 aromatic heterocycles. The van der Waals surface area contributed by atoms with Crippen LogP contribution in [0.15, 0.2) is 18.2 Å². The summed E-state index contributed by atoms with van der Waals surface area (Å²) in [6, 6.07) is 2.58. The number of benzene rings is 1. The molecule has 214 valence electrons. The average molecular weight is 578 g/mol. The molecule has 1 aliphatic carbocycles. The van der Waals surface area contributed by atoms with E-state index < -0.39 is 40.7 Å². The average Bonchev–Trinajstić information content (AvgIpc) is 3.45. The van der Waals surface area contributed by atoms with Crippen molar-refractivity contribution in [2.24, 2.45) is 0 Å². The van der Waals surface area contributed by atoms with Gasteiger partial charge in [0, 0.05) is 19.1 Å². The van der Waals surface area contributed by atoms with Gasteiger partial charge < -0.3 is 15.3 Å². The van der Waals surface area contributed by atoms with Gasteiger partial charge in [-0.3, -0.25) is 9.59 Å². The molecule has 2 N–H and O–H groups in total. The molecule has 1 saturated heterocycles. The van der Waals surface area contributed by atoms with Crippen LogP contribution in [0.4, 0.5) is 26.3 Å². The topological polar surface area (TPSA) is 82.5 Å². The summed E-state index contributed by atoms with van der Waals surface area (Å²) in [5.74, 6) is -1.10. The number of nitrogens with one attached hydrogen (secondary N) is 1. The molecule has 0 bridgehead atoms. The van der Waals surface area contributed by atoms with Crippen molar-refractivity contribution in [1.29, 1.82) is 0 Å². The minimum absolute atomic E-state index is 0.00558. The molecule has 2 amide bonds. The quantitative estimate of drug-likeness (QED) is 0.427. The van der Waals surface area contributed by atoms with Crippen molar-refractivity contribution in [3.8, 4) is 10.4 Å². The first-order chi connectivity index (χ1) is 18.0. The monoisotopic (exact) mass is 577 g/mol. The summed E-state index contributed by atoms with van der Waals surface area (Å²) < 4.78 is 82.0. The van der Waals surface area contributed by atoms with Crippen LogP contribution in [-0.4, -0.2) is 63.9 Å². The van der Waals surface area contributed by atoms with Crippen LogP contribution in [-0.2, 0) is 5.41 Å². The number of aryl methyl sites for hydroxylation is 1. The number of carbonyl (C=O) groups excluding carboxylic acids is 2. The van der Waals surface area contributed by atoms with E-state index in [2.05, 4.69) is 10.3 Å². The standard InChI is InChI=1S/C26H29F6N3O3S/c1-14-12-16(23(3,25(27,28)29)26(30,31)32)7-8-17(14)19-18(22(37)35-11-4-6-15(35)2)34-21(39-19)20(36)33-13-24(38)9-5-10-24/h7-8,12,15,38H,4-6,9-11,13H2,1-3H3,(H,33,36)/t15-/m0/s1. The van der Waals surface area contributed by atoms with Gasteiger partial charge in [0.2, 0.25) is 0 Å². The molecule has 4 rings (SSSR count). The zero-order valence-electron chi connectivity index (χ0n) is 21.6. The maximum atomic E-state index is 13.7. The summed E-state index contributed by atoms with van der Waals surface area (Å²) in [5.41, 5.74) is -5.92. The van der Waals surface area contributed by atoms with E-state index >= 15 is 0 Å². The highest BCUT2D eigenvalue weighted by Crippen LogP contribution is 2.52. The van der Waals surface area contributed by atoms with Crippen LogP contribution in [0.3, 0.4) is 0 Å². The molecular weight excluding hydrogens is 548 g/mol. The summed E-state index contributed by atoms with van der Waals surface area (Å²) >= 11 is 0.827. The van der Waals surface area contributed by atoms with Crippen LogP contribution in [0.2, 0.25) is 0 Å². The molecular formula is C26H29F6N3O3S. The molecule has 0 unspecified atom stereocenters. The molecule has 0 radical (unpaired) electrons. The zero-order valence-corrected chi connectivity index (χ0v) is 22.4. The van der Waals surface area contributed by atoms with Gasteiger partial charge in [-0.25, -0.2) is 4.98 Å². The molecule has 0 spiro atoms. The van der Waals surface area contributed by atoms with E-state index in [1.165, 1.54) is 6.92 Å². The second-order valence-electron chi connectivity index (χ2n) is 10.6. The number of likely N-dealkylation sites (tertiary alicyclic amines) is 1. The van der Waals surface area contributed by atoms with Crippen LogP contribution in [0.5, 0.6) is 0 Å². The number of nitrogens with zero attached hydrogens (tertiary/aromatic N) is 2. The first-order valence-corrected chi connectivity index (χ1v) is 13.4. The Labute approximate surface area is 225 Å². The summed E-state index contributed by atoms with van der Waals surface area (Å²) in [7, 11) is 0. The lowest BCUT2D eigenvalue weighted by Crippen LogP contribution is -2.51. The fraction of sp³-hybridized carbons (Fsp3) is 0.577. The minimum atomic E-state index is -5.60. The van der Waals surface area contributed by atoms with Crippen molar-refractivity contribution in [3.05, 3.63) is 40.0 Å². The predicted octanol–water partition coefficient (Wildman–Crippen LogP) is 5.77. The van der Waals surface area contributed by atoms with E-state index in [4.69, 9.17) is 0 Å². The zero-order chi connectivity index (χ0) is 29.0. The predicted molar refractivity (Wildman–Crippen MR) is 133 cm³/mol. The number of alkyl halides is 6. The third kappa shape index (κ3) is 5.27. The number of rotatable bonds is 6. The van der Waals surface area contributed by atoms with E-state index in [0.29, 0.717) is 19.4 Å². The minimum Gasteiger partial charge on any atom is -0.388 e. The van der Waals surface area contributed by atoms with Crippen molar-refractivity contribution < 1.29 is 41.0 Å². The Morgan fingerprint density at radius 3 is 2.28 bits per heavy atom. The van der Waals surface area contributed by atoms with Gasteiger partial charge in [-0.05, 0) is 69.6 Å². The largest absolute Gasteiger partial charge is 0.406 e. The van der Waals surface area contributed by atoms with Crippen molar-refractivity contribution in [2.75, 3.05) is 13.1 Å². The highest BCUT2D eigenvalue weighted by atomic mass is 32.1. The Balaban J connectivity index is 1.76. The van der Waals surface area contributed by atoms with E-state index in [1.54, 1.807) is 4.90 Å². The summed E-state index contributed by atoms with van der Waals surface area (Å²) in [6.45, 7) is 3.76. The van der Waals surface area contributed by atoms with Gasteiger partial charge in [-0.1, -0.05) is 18.2 Å². The number of amides is 2. The molecule has 1 aliphatic heterocycles. The van der Waals surface area contributed by atoms with Crippen LogP contribution in [0.1, 0.15) is 77.4 Å². The van der Waals surface area contributed by atoms with Gasteiger partial charge in [0.1, 0.15) is 5.69 Å². The van der Waals surface area contributed by atoms with Crippen LogP contribution in [0, 0.1) is 6.92 Å². The van der Waals surface area contributed by atoms with Crippen molar-refractivity contribution >= 4 is 23.2 Å². The SMILES string of the molecule is Cc1cc(C(C)(C(F)(F)F)C(F)(F)F)ccc1-c1sc(C(=O)NCC2(O)CCC2)nc1C(=O)N1CCC[C@@H]1C. The lowest BCUT2D eigenvalue weighted by Gasteiger charge is -2.36. The number of hydrogen-bond donors (Lipinski definition) is 2. The number of aliphatic hydroxyl groups is 1. The van der Waals surface area contributed by atoms with E-state index in [1.807, 2.05) is 6.92 Å². The number of carbonyl (C=O) groups is 2. The molecule has 6 nitrogen and oxygen atoms in total. The number of hydrogen-bond acceptors (Lipinski definition) is 5. The highest BCUT2D eigenvalue weighted by Gasteiger charge is 2.68. The number of aromatic nitrogens is 1. The number of halogens is 6. The highest BCUT2D eigenvalue weighted by molar-refractivity contribution is 7.17. The van der Waals surface area contributed by atoms with Gasteiger partial charge in [0.25, 0.3) is 11.8 Å². The van der Waals surface area contributed by atoms with E-state index in [-0.39, 0.29) is 46.2 Å². The fourth-order valence-corrected chi connectivity index (χ4v) is 5.98. The first kappa shape index (κ1) is 29.3. The summed E-state index contributed by atoms with van der Waals surface area (Å²) in [5, 5.41) is 12.8. The molecule has 2 aliphatic rings. The third-order valence-electron chi connectivity index (χ3n) is 7.88. The molecule has 2 fully saturated rings. The van der Waals surface area contributed by atoms with Gasteiger partial charge in [-0.15, -0.1) is 11.3 Å². The van der Waals surface area contributed by atoms with Gasteiger partial charge >= 0.3 is 12.4 Å². The van der Waals surface area contributed by atoms with Crippen molar-refractivity contribution in [2.45, 2.75) is 82.3 Å². The Bertz CT molecular complexity index is 1250. The van der Waals surface area contributed by atoms with Crippen LogP contribution >= 0.6 is 11.3 Å². The normalized spacial score (nSPS) is 19.6. The van der Waals surface area contributed by atoms with Crippen LogP contribution < -0.4 is 5.32 Å². The molecule has 1 saturated carbocycles. The second-order valence-corrected chi connectivity index (χ2v) is 11.6. The van der Waals surface area contributed by atoms with E-state index in [0.717, 1.165) is 48.8 Å². The van der Waals surface area contributed by atoms with E-state index in [9.17, 15) is 41.0 Å². The van der Waals surface area contributed by atoms with Gasteiger partial charge in [-0.2, -0.15) is 26.3 Å². The fourth-order valence-electron chi connectivity index (χ4n) is 4.92. The Kier molecular flexibility index (Phi) is 7.56. The number of thiazole rings is 1. The maximum absolute atomic E-state index is 13.7. The lowest BCUT2D eigenvalue weighted by atomic mass is 9.79.